The Morgan fingerprint density at radius 1 is 1.06 bits per heavy atom. The van der Waals surface area contributed by atoms with Gasteiger partial charge in [0.05, 0.1) is 0 Å². The van der Waals surface area contributed by atoms with E-state index in [4.69, 9.17) is 5.73 Å². The number of rotatable bonds is 4. The van der Waals surface area contributed by atoms with Crippen LogP contribution in [0.3, 0.4) is 0 Å². The van der Waals surface area contributed by atoms with E-state index >= 15 is 0 Å². The minimum Gasteiger partial charge on any atom is -0.356 e. The molecule has 2 atom stereocenters. The molecule has 2 aliphatic rings. The molecule has 0 radical (unpaired) electrons. The lowest BCUT2D eigenvalue weighted by Crippen LogP contribution is -2.37. The van der Waals surface area contributed by atoms with E-state index in [1.807, 2.05) is 0 Å². The SMILES string of the molecule is NCC1CCCC(C(=O)NCC2CCCC2)C1. The molecule has 3 N–H and O–H groups in total. The molecule has 3 nitrogen and oxygen atoms in total. The minimum atomic E-state index is 0.235. The van der Waals surface area contributed by atoms with Gasteiger partial charge in [-0.25, -0.2) is 0 Å². The highest BCUT2D eigenvalue weighted by Gasteiger charge is 2.27. The van der Waals surface area contributed by atoms with E-state index in [1.165, 1.54) is 38.5 Å². The largest absolute Gasteiger partial charge is 0.356 e. The molecule has 2 fully saturated rings. The van der Waals surface area contributed by atoms with Gasteiger partial charge in [-0.3, -0.25) is 4.79 Å². The first-order valence-corrected chi connectivity index (χ1v) is 7.27. The standard InChI is InChI=1S/C14H26N2O/c15-9-12-6-3-7-13(8-12)14(17)16-10-11-4-1-2-5-11/h11-13H,1-10,15H2,(H,16,17). The third-order valence-corrected chi connectivity index (χ3v) is 4.53. The monoisotopic (exact) mass is 238 g/mol. The lowest BCUT2D eigenvalue weighted by atomic mass is 9.81. The summed E-state index contributed by atoms with van der Waals surface area (Å²) in [4.78, 5) is 12.1. The summed E-state index contributed by atoms with van der Waals surface area (Å²) < 4.78 is 0. The van der Waals surface area contributed by atoms with Crippen LogP contribution in [0, 0.1) is 17.8 Å². The average molecular weight is 238 g/mol. The number of carbonyl (C=O) groups excluding carboxylic acids is 1. The zero-order valence-corrected chi connectivity index (χ0v) is 10.8. The van der Waals surface area contributed by atoms with E-state index in [2.05, 4.69) is 5.32 Å². The molecule has 0 saturated heterocycles. The molecule has 3 heteroatoms. The van der Waals surface area contributed by atoms with Gasteiger partial charge >= 0.3 is 0 Å². The molecule has 0 aromatic heterocycles. The van der Waals surface area contributed by atoms with Crippen LogP contribution in [-0.4, -0.2) is 19.0 Å². The predicted molar refractivity (Wildman–Crippen MR) is 69.5 cm³/mol. The maximum Gasteiger partial charge on any atom is 0.223 e. The molecule has 0 aromatic carbocycles. The van der Waals surface area contributed by atoms with Gasteiger partial charge in [-0.2, -0.15) is 0 Å². The van der Waals surface area contributed by atoms with Crippen LogP contribution in [0.2, 0.25) is 0 Å². The molecule has 2 unspecified atom stereocenters. The summed E-state index contributed by atoms with van der Waals surface area (Å²) in [6.07, 6.45) is 9.75. The quantitative estimate of drug-likeness (QED) is 0.787. The Hall–Kier alpha value is -0.570. The normalized spacial score (nSPS) is 30.4. The van der Waals surface area contributed by atoms with Gasteiger partial charge in [0.15, 0.2) is 0 Å². The maximum atomic E-state index is 12.1. The Bertz CT molecular complexity index is 249. The number of carbonyl (C=O) groups is 1. The first-order valence-electron chi connectivity index (χ1n) is 7.27. The molecule has 2 saturated carbocycles. The van der Waals surface area contributed by atoms with Crippen molar-refractivity contribution < 1.29 is 4.79 Å². The average Bonchev–Trinajstić information content (AvgIpc) is 2.89. The molecular formula is C14H26N2O. The second-order valence-corrected chi connectivity index (χ2v) is 5.86. The van der Waals surface area contributed by atoms with Crippen molar-refractivity contribution >= 4 is 5.91 Å². The van der Waals surface area contributed by atoms with Crippen LogP contribution in [0.15, 0.2) is 0 Å². The maximum absolute atomic E-state index is 12.1. The Balaban J connectivity index is 1.71. The smallest absolute Gasteiger partial charge is 0.223 e. The Kier molecular flexibility index (Phi) is 4.84. The molecular weight excluding hydrogens is 212 g/mol. The lowest BCUT2D eigenvalue weighted by molar-refractivity contribution is -0.126. The lowest BCUT2D eigenvalue weighted by Gasteiger charge is -2.27. The van der Waals surface area contributed by atoms with Crippen LogP contribution in [0.4, 0.5) is 0 Å². The van der Waals surface area contributed by atoms with Crippen molar-refractivity contribution in [2.75, 3.05) is 13.1 Å². The number of amides is 1. The first kappa shape index (κ1) is 12.9. The number of hydrogen-bond donors (Lipinski definition) is 2. The summed E-state index contributed by atoms with van der Waals surface area (Å²) in [6.45, 7) is 1.65. The summed E-state index contributed by atoms with van der Waals surface area (Å²) >= 11 is 0. The second-order valence-electron chi connectivity index (χ2n) is 5.86. The second kappa shape index (κ2) is 6.39. The fourth-order valence-electron chi connectivity index (χ4n) is 3.35. The first-order chi connectivity index (χ1) is 8.29. The van der Waals surface area contributed by atoms with Gasteiger partial charge in [-0.05, 0) is 50.5 Å². The van der Waals surface area contributed by atoms with Crippen molar-refractivity contribution in [3.05, 3.63) is 0 Å². The molecule has 0 bridgehead atoms. The fourth-order valence-corrected chi connectivity index (χ4v) is 3.35. The van der Waals surface area contributed by atoms with Gasteiger partial charge in [0.25, 0.3) is 0 Å². The molecule has 2 aliphatic carbocycles. The number of nitrogens with two attached hydrogens (primary N) is 1. The van der Waals surface area contributed by atoms with Crippen molar-refractivity contribution in [2.24, 2.45) is 23.5 Å². The molecule has 1 amide bonds. The highest BCUT2D eigenvalue weighted by Crippen LogP contribution is 2.29. The number of hydrogen-bond acceptors (Lipinski definition) is 2. The van der Waals surface area contributed by atoms with E-state index in [0.717, 1.165) is 31.8 Å². The van der Waals surface area contributed by atoms with Crippen molar-refractivity contribution in [3.63, 3.8) is 0 Å². The topological polar surface area (TPSA) is 55.1 Å². The Morgan fingerprint density at radius 2 is 1.76 bits per heavy atom. The molecule has 2 rings (SSSR count). The molecule has 98 valence electrons. The van der Waals surface area contributed by atoms with E-state index in [1.54, 1.807) is 0 Å². The van der Waals surface area contributed by atoms with Crippen LogP contribution in [-0.2, 0) is 4.79 Å². The van der Waals surface area contributed by atoms with E-state index in [-0.39, 0.29) is 11.8 Å². The Morgan fingerprint density at radius 3 is 2.47 bits per heavy atom. The summed E-state index contributed by atoms with van der Waals surface area (Å²) in [5.41, 5.74) is 5.71. The van der Waals surface area contributed by atoms with Crippen LogP contribution < -0.4 is 11.1 Å². The molecule has 0 aliphatic heterocycles. The summed E-state index contributed by atoms with van der Waals surface area (Å²) in [7, 11) is 0. The van der Waals surface area contributed by atoms with Crippen LogP contribution >= 0.6 is 0 Å². The van der Waals surface area contributed by atoms with Gasteiger partial charge in [0.1, 0.15) is 0 Å². The van der Waals surface area contributed by atoms with Crippen molar-refractivity contribution in [1.82, 2.24) is 5.32 Å². The highest BCUT2D eigenvalue weighted by atomic mass is 16.1. The number of nitrogens with one attached hydrogen (secondary N) is 1. The molecule has 17 heavy (non-hydrogen) atoms. The van der Waals surface area contributed by atoms with Crippen LogP contribution in [0.25, 0.3) is 0 Å². The third kappa shape index (κ3) is 3.70. The fraction of sp³-hybridized carbons (Fsp3) is 0.929. The predicted octanol–water partition coefficient (Wildman–Crippen LogP) is 2.06. The van der Waals surface area contributed by atoms with Crippen LogP contribution in [0.1, 0.15) is 51.4 Å². The minimum absolute atomic E-state index is 0.235. The van der Waals surface area contributed by atoms with Gasteiger partial charge in [0, 0.05) is 12.5 Å². The summed E-state index contributed by atoms with van der Waals surface area (Å²) in [6, 6.07) is 0. The molecule has 0 heterocycles. The highest BCUT2D eigenvalue weighted by molar-refractivity contribution is 5.78. The van der Waals surface area contributed by atoms with Crippen molar-refractivity contribution in [3.8, 4) is 0 Å². The zero-order chi connectivity index (χ0) is 12.1. The third-order valence-electron chi connectivity index (χ3n) is 4.53. The van der Waals surface area contributed by atoms with E-state index in [0.29, 0.717) is 5.92 Å². The van der Waals surface area contributed by atoms with Gasteiger partial charge in [-0.15, -0.1) is 0 Å². The summed E-state index contributed by atoms with van der Waals surface area (Å²) in [5.74, 6) is 1.84. The van der Waals surface area contributed by atoms with Gasteiger partial charge in [0.2, 0.25) is 5.91 Å². The Labute approximate surface area is 105 Å². The van der Waals surface area contributed by atoms with Gasteiger partial charge < -0.3 is 11.1 Å². The molecule has 0 spiro atoms. The van der Waals surface area contributed by atoms with Crippen molar-refractivity contribution in [1.29, 1.82) is 0 Å². The van der Waals surface area contributed by atoms with E-state index in [9.17, 15) is 4.79 Å². The van der Waals surface area contributed by atoms with Crippen LogP contribution in [0.5, 0.6) is 0 Å². The zero-order valence-electron chi connectivity index (χ0n) is 10.8. The molecule has 0 aromatic rings. The van der Waals surface area contributed by atoms with Gasteiger partial charge in [-0.1, -0.05) is 19.3 Å². The van der Waals surface area contributed by atoms with Crippen molar-refractivity contribution in [2.45, 2.75) is 51.4 Å². The van der Waals surface area contributed by atoms with E-state index < -0.39 is 0 Å². The summed E-state index contributed by atoms with van der Waals surface area (Å²) in [5, 5.41) is 3.16.